The number of esters is 1. The Hall–Kier alpha value is -1.12. The molecular formula is C22H36O3. The van der Waals surface area contributed by atoms with E-state index in [-0.39, 0.29) is 16.8 Å². The van der Waals surface area contributed by atoms with Gasteiger partial charge in [0.2, 0.25) is 0 Å². The van der Waals surface area contributed by atoms with Crippen molar-refractivity contribution in [2.24, 2.45) is 28.6 Å². The maximum absolute atomic E-state index is 12.5. The summed E-state index contributed by atoms with van der Waals surface area (Å²) in [5.74, 6) is 1.77. The van der Waals surface area contributed by atoms with Crippen LogP contribution in [0.2, 0.25) is 0 Å². The molecular weight excluding hydrogens is 312 g/mol. The van der Waals surface area contributed by atoms with Crippen LogP contribution in [0.25, 0.3) is 0 Å². The number of ether oxygens (including phenoxy) is 1. The lowest BCUT2D eigenvalue weighted by molar-refractivity contribution is -0.141. The molecule has 0 aromatic heterocycles. The van der Waals surface area contributed by atoms with Gasteiger partial charge in [-0.25, -0.2) is 0 Å². The van der Waals surface area contributed by atoms with E-state index in [1.54, 1.807) is 0 Å². The third kappa shape index (κ3) is 4.54. The number of carbonyl (C=O) groups excluding carboxylic acids is 2. The average molecular weight is 349 g/mol. The molecule has 0 aliphatic heterocycles. The number of allylic oxidation sites excluding steroid dienone is 1. The van der Waals surface area contributed by atoms with Gasteiger partial charge in [0.25, 0.3) is 0 Å². The van der Waals surface area contributed by atoms with Crippen LogP contribution in [-0.4, -0.2) is 18.4 Å². The molecule has 3 heteroatoms. The normalized spacial score (nSPS) is 32.8. The fraction of sp³-hybridized carbons (Fsp3) is 0.818. The van der Waals surface area contributed by atoms with E-state index in [1.165, 1.54) is 18.9 Å². The van der Waals surface area contributed by atoms with Crippen LogP contribution in [0.1, 0.15) is 79.6 Å². The van der Waals surface area contributed by atoms with Crippen LogP contribution < -0.4 is 0 Å². The summed E-state index contributed by atoms with van der Waals surface area (Å²) in [7, 11) is 0. The Bertz CT molecular complexity index is 533. The molecule has 2 aliphatic rings. The minimum Gasteiger partial charge on any atom is -0.466 e. The molecule has 0 spiro atoms. The van der Waals surface area contributed by atoms with Crippen LogP contribution in [0, 0.1) is 28.6 Å². The summed E-state index contributed by atoms with van der Waals surface area (Å²) < 4.78 is 5.07. The second-order valence-electron chi connectivity index (χ2n) is 9.50. The maximum atomic E-state index is 12.5. The van der Waals surface area contributed by atoms with Gasteiger partial charge in [-0.05, 0) is 60.7 Å². The first-order valence-electron chi connectivity index (χ1n) is 9.89. The van der Waals surface area contributed by atoms with Crippen LogP contribution in [0.3, 0.4) is 0 Å². The van der Waals surface area contributed by atoms with E-state index in [0.29, 0.717) is 36.6 Å². The summed E-state index contributed by atoms with van der Waals surface area (Å²) in [5.41, 5.74) is 1.50. The second kappa shape index (κ2) is 7.63. The van der Waals surface area contributed by atoms with Crippen LogP contribution in [-0.2, 0) is 14.3 Å². The molecule has 0 radical (unpaired) electrons. The van der Waals surface area contributed by atoms with Crippen molar-refractivity contribution in [1.29, 1.82) is 0 Å². The highest BCUT2D eigenvalue weighted by Gasteiger charge is 2.54. The molecule has 0 heterocycles. The highest BCUT2D eigenvalue weighted by molar-refractivity contribution is 5.81. The van der Waals surface area contributed by atoms with Crippen molar-refractivity contribution in [3.05, 3.63) is 12.2 Å². The van der Waals surface area contributed by atoms with Gasteiger partial charge in [-0.2, -0.15) is 0 Å². The molecule has 2 fully saturated rings. The standard InChI is InChI=1S/C22H36O3/c1-15(11-12-25-17(3)23)7-9-19-16(2)8-10-20-21(4,5)13-18(24)14-22(19,20)6/h15,19-20H,2,7-14H2,1,3-6H3/t15-,19+,20-,22-/m1/s1. The Morgan fingerprint density at radius 1 is 1.28 bits per heavy atom. The number of fused-ring (bicyclic) bond motifs is 1. The van der Waals surface area contributed by atoms with Crippen LogP contribution in [0.5, 0.6) is 0 Å². The van der Waals surface area contributed by atoms with Gasteiger partial charge in [-0.1, -0.05) is 39.8 Å². The Labute approximate surface area is 153 Å². The summed E-state index contributed by atoms with van der Waals surface area (Å²) in [4.78, 5) is 23.4. The summed E-state index contributed by atoms with van der Waals surface area (Å²) in [6, 6.07) is 0. The van der Waals surface area contributed by atoms with Gasteiger partial charge >= 0.3 is 5.97 Å². The SMILES string of the molecule is C=C1CC[C@@H]2C(C)(C)CC(=O)C[C@]2(C)[C@H]1CC[C@@H](C)CCOC(C)=O. The number of hydrogen-bond donors (Lipinski definition) is 0. The van der Waals surface area contributed by atoms with Gasteiger partial charge in [-0.15, -0.1) is 0 Å². The first-order chi connectivity index (χ1) is 11.6. The van der Waals surface area contributed by atoms with Crippen molar-refractivity contribution in [1.82, 2.24) is 0 Å². The van der Waals surface area contributed by atoms with Crippen molar-refractivity contribution < 1.29 is 14.3 Å². The van der Waals surface area contributed by atoms with E-state index in [0.717, 1.165) is 32.1 Å². The number of ketones is 1. The molecule has 0 saturated heterocycles. The topological polar surface area (TPSA) is 43.4 Å². The lowest BCUT2D eigenvalue weighted by atomic mass is 9.47. The van der Waals surface area contributed by atoms with Gasteiger partial charge < -0.3 is 4.74 Å². The van der Waals surface area contributed by atoms with Crippen LogP contribution >= 0.6 is 0 Å². The second-order valence-corrected chi connectivity index (χ2v) is 9.50. The zero-order valence-electron chi connectivity index (χ0n) is 16.8. The zero-order chi connectivity index (χ0) is 18.8. The first kappa shape index (κ1) is 20.2. The van der Waals surface area contributed by atoms with Gasteiger partial charge in [-0.3, -0.25) is 9.59 Å². The molecule has 0 N–H and O–H groups in total. The molecule has 0 amide bonds. The van der Waals surface area contributed by atoms with Gasteiger partial charge in [0.1, 0.15) is 5.78 Å². The summed E-state index contributed by atoms with van der Waals surface area (Å²) in [6.45, 7) is 15.5. The predicted molar refractivity (Wildman–Crippen MR) is 101 cm³/mol. The fourth-order valence-corrected chi connectivity index (χ4v) is 5.72. The first-order valence-corrected chi connectivity index (χ1v) is 9.89. The van der Waals surface area contributed by atoms with Crippen LogP contribution in [0.4, 0.5) is 0 Å². The molecule has 0 aromatic rings. The molecule has 4 atom stereocenters. The zero-order valence-corrected chi connectivity index (χ0v) is 16.8. The van der Waals surface area contributed by atoms with Crippen molar-refractivity contribution >= 4 is 11.8 Å². The lowest BCUT2D eigenvalue weighted by Gasteiger charge is -2.57. The molecule has 2 saturated carbocycles. The Kier molecular flexibility index (Phi) is 6.17. The molecule has 0 unspecified atom stereocenters. The monoisotopic (exact) mass is 348 g/mol. The smallest absolute Gasteiger partial charge is 0.302 e. The van der Waals surface area contributed by atoms with Gasteiger partial charge in [0.15, 0.2) is 0 Å². The molecule has 0 bridgehead atoms. The minimum atomic E-state index is -0.203. The fourth-order valence-electron chi connectivity index (χ4n) is 5.72. The highest BCUT2D eigenvalue weighted by atomic mass is 16.5. The van der Waals surface area contributed by atoms with E-state index < -0.39 is 0 Å². The largest absolute Gasteiger partial charge is 0.466 e. The van der Waals surface area contributed by atoms with E-state index >= 15 is 0 Å². The summed E-state index contributed by atoms with van der Waals surface area (Å²) >= 11 is 0. The maximum Gasteiger partial charge on any atom is 0.302 e. The minimum absolute atomic E-state index is 0.0593. The number of rotatable bonds is 6. The van der Waals surface area contributed by atoms with E-state index in [1.807, 2.05) is 0 Å². The molecule has 25 heavy (non-hydrogen) atoms. The molecule has 142 valence electrons. The van der Waals surface area contributed by atoms with E-state index in [9.17, 15) is 9.59 Å². The Morgan fingerprint density at radius 3 is 2.60 bits per heavy atom. The van der Waals surface area contributed by atoms with Gasteiger partial charge in [0.05, 0.1) is 6.61 Å². The van der Waals surface area contributed by atoms with E-state index in [4.69, 9.17) is 4.74 Å². The number of carbonyl (C=O) groups is 2. The van der Waals surface area contributed by atoms with Crippen LogP contribution in [0.15, 0.2) is 12.2 Å². The Balaban J connectivity index is 2.03. The quantitative estimate of drug-likeness (QED) is 0.481. The van der Waals surface area contributed by atoms with E-state index in [2.05, 4.69) is 34.3 Å². The number of Topliss-reactive ketones (excluding diaryl/α,β-unsaturated/α-hetero) is 1. The molecule has 2 aliphatic carbocycles. The predicted octanol–water partition coefficient (Wildman–Crippen LogP) is 5.33. The number of hydrogen-bond acceptors (Lipinski definition) is 3. The van der Waals surface area contributed by atoms with Crippen molar-refractivity contribution in [2.45, 2.75) is 79.6 Å². The van der Waals surface area contributed by atoms with Crippen molar-refractivity contribution in [3.63, 3.8) is 0 Å². The third-order valence-electron chi connectivity index (χ3n) is 6.88. The van der Waals surface area contributed by atoms with Crippen molar-refractivity contribution in [2.75, 3.05) is 6.61 Å². The van der Waals surface area contributed by atoms with Crippen molar-refractivity contribution in [3.8, 4) is 0 Å². The van der Waals surface area contributed by atoms with Gasteiger partial charge in [0, 0.05) is 19.8 Å². The lowest BCUT2D eigenvalue weighted by Crippen LogP contribution is -2.52. The average Bonchev–Trinajstić information content (AvgIpc) is 2.43. The molecule has 3 nitrogen and oxygen atoms in total. The summed E-state index contributed by atoms with van der Waals surface area (Å²) in [6.07, 6.45) is 6.82. The summed E-state index contributed by atoms with van der Waals surface area (Å²) in [5, 5.41) is 0. The third-order valence-corrected chi connectivity index (χ3v) is 6.88. The molecule has 0 aromatic carbocycles. The Morgan fingerprint density at radius 2 is 1.96 bits per heavy atom. The molecule has 2 rings (SSSR count). The highest BCUT2D eigenvalue weighted by Crippen LogP contribution is 2.61.